The van der Waals surface area contributed by atoms with E-state index >= 15 is 0 Å². The summed E-state index contributed by atoms with van der Waals surface area (Å²) in [6, 6.07) is 10.1. The Morgan fingerprint density at radius 2 is 1.52 bits per heavy atom. The second-order valence-electron chi connectivity index (χ2n) is 5.16. The van der Waals surface area contributed by atoms with Crippen LogP contribution in [0.3, 0.4) is 0 Å². The van der Waals surface area contributed by atoms with Crippen molar-refractivity contribution >= 4 is 0 Å². The van der Waals surface area contributed by atoms with E-state index in [0.717, 1.165) is 12.1 Å². The first-order chi connectivity index (χ1) is 9.68. The van der Waals surface area contributed by atoms with E-state index in [9.17, 15) is 22.7 Å². The molecule has 1 nitrogen and oxygen atoms in total. The predicted octanol–water partition coefficient (Wildman–Crippen LogP) is 4.29. The zero-order chi connectivity index (χ0) is 15.7. The Balaban J connectivity index is 2.28. The van der Waals surface area contributed by atoms with Crippen LogP contribution in [0.25, 0.3) is 0 Å². The van der Waals surface area contributed by atoms with E-state index < -0.39 is 23.2 Å². The van der Waals surface area contributed by atoms with Gasteiger partial charge in [0.25, 0.3) is 0 Å². The third-order valence-corrected chi connectivity index (χ3v) is 3.27. The first kappa shape index (κ1) is 15.5. The van der Waals surface area contributed by atoms with E-state index in [0.29, 0.717) is 5.56 Å². The molecule has 0 radical (unpaired) electrons. The molecule has 5 heteroatoms. The lowest BCUT2D eigenvalue weighted by molar-refractivity contribution is -0.137. The minimum atomic E-state index is -4.46. The minimum absolute atomic E-state index is 0.0919. The van der Waals surface area contributed by atoms with Crippen molar-refractivity contribution in [3.8, 4) is 0 Å². The van der Waals surface area contributed by atoms with E-state index in [4.69, 9.17) is 0 Å². The van der Waals surface area contributed by atoms with Gasteiger partial charge in [0, 0.05) is 6.42 Å². The molecule has 2 rings (SSSR count). The summed E-state index contributed by atoms with van der Waals surface area (Å²) in [4.78, 5) is 0. The quantitative estimate of drug-likeness (QED) is 0.838. The largest absolute Gasteiger partial charge is 0.416 e. The van der Waals surface area contributed by atoms with Crippen molar-refractivity contribution in [2.75, 3.05) is 0 Å². The maximum absolute atomic E-state index is 12.8. The molecule has 0 fully saturated rings. The molecular formula is C16H14F4O. The van der Waals surface area contributed by atoms with Gasteiger partial charge in [-0.3, -0.25) is 0 Å². The Bertz CT molecular complexity index is 615. The van der Waals surface area contributed by atoms with Crippen LogP contribution in [0.5, 0.6) is 0 Å². The third kappa shape index (κ3) is 3.82. The van der Waals surface area contributed by atoms with Gasteiger partial charge in [-0.1, -0.05) is 24.3 Å². The van der Waals surface area contributed by atoms with Gasteiger partial charge < -0.3 is 5.11 Å². The predicted molar refractivity (Wildman–Crippen MR) is 71.1 cm³/mol. The maximum Gasteiger partial charge on any atom is 0.416 e. The molecule has 1 N–H and O–H groups in total. The molecule has 0 saturated heterocycles. The number of alkyl halides is 3. The number of aliphatic hydroxyl groups is 1. The molecule has 1 unspecified atom stereocenters. The molecule has 0 spiro atoms. The molecule has 0 saturated carbocycles. The van der Waals surface area contributed by atoms with Crippen molar-refractivity contribution in [1.29, 1.82) is 0 Å². The molecule has 0 aliphatic carbocycles. The fraction of sp³-hybridized carbons (Fsp3) is 0.250. The monoisotopic (exact) mass is 298 g/mol. The summed E-state index contributed by atoms with van der Waals surface area (Å²) in [5, 5.41) is 10.4. The summed E-state index contributed by atoms with van der Waals surface area (Å²) < 4.78 is 51.0. The van der Waals surface area contributed by atoms with E-state index in [2.05, 4.69) is 0 Å². The van der Waals surface area contributed by atoms with Gasteiger partial charge in [0.05, 0.1) is 11.2 Å². The van der Waals surface area contributed by atoms with Gasteiger partial charge in [0.1, 0.15) is 5.82 Å². The van der Waals surface area contributed by atoms with Gasteiger partial charge >= 0.3 is 6.18 Å². The molecule has 2 aromatic carbocycles. The highest BCUT2D eigenvalue weighted by Crippen LogP contribution is 2.33. The molecule has 0 heterocycles. The fourth-order valence-electron chi connectivity index (χ4n) is 2.13. The van der Waals surface area contributed by atoms with Crippen LogP contribution in [0, 0.1) is 5.82 Å². The van der Waals surface area contributed by atoms with Gasteiger partial charge in [-0.2, -0.15) is 13.2 Å². The van der Waals surface area contributed by atoms with Crippen molar-refractivity contribution in [2.24, 2.45) is 0 Å². The van der Waals surface area contributed by atoms with Crippen molar-refractivity contribution in [3.05, 3.63) is 71.0 Å². The maximum atomic E-state index is 12.8. The highest BCUT2D eigenvalue weighted by molar-refractivity contribution is 5.31. The summed E-state index contributed by atoms with van der Waals surface area (Å²) in [5.74, 6) is -0.405. The molecule has 1 atom stereocenters. The molecule has 0 aliphatic heterocycles. The Kier molecular flexibility index (Phi) is 4.05. The van der Waals surface area contributed by atoms with Crippen LogP contribution in [-0.4, -0.2) is 5.11 Å². The molecule has 0 aromatic heterocycles. The Hall–Kier alpha value is -1.88. The van der Waals surface area contributed by atoms with Crippen molar-refractivity contribution in [2.45, 2.75) is 25.1 Å². The van der Waals surface area contributed by atoms with E-state index in [-0.39, 0.29) is 12.0 Å². The van der Waals surface area contributed by atoms with Crippen LogP contribution in [0.2, 0.25) is 0 Å². The summed E-state index contributed by atoms with van der Waals surface area (Å²) in [6.07, 6.45) is -4.36. The number of halogens is 4. The highest BCUT2D eigenvalue weighted by Gasteiger charge is 2.32. The number of hydrogen-bond acceptors (Lipinski definition) is 1. The second kappa shape index (κ2) is 5.48. The normalized spacial score (nSPS) is 14.8. The topological polar surface area (TPSA) is 20.2 Å². The van der Waals surface area contributed by atoms with Gasteiger partial charge in [-0.05, 0) is 42.3 Å². The van der Waals surface area contributed by atoms with E-state index in [1.165, 1.54) is 43.3 Å². The van der Waals surface area contributed by atoms with Gasteiger partial charge in [-0.15, -0.1) is 0 Å². The molecular weight excluding hydrogens is 284 g/mol. The molecule has 0 aliphatic rings. The van der Waals surface area contributed by atoms with Crippen LogP contribution in [0.15, 0.2) is 48.5 Å². The van der Waals surface area contributed by atoms with E-state index in [1.807, 2.05) is 0 Å². The summed E-state index contributed by atoms with van der Waals surface area (Å²) in [5.41, 5.74) is -1.47. The smallest absolute Gasteiger partial charge is 0.385 e. The molecule has 112 valence electrons. The Morgan fingerprint density at radius 3 is 2.10 bits per heavy atom. The van der Waals surface area contributed by atoms with Crippen LogP contribution < -0.4 is 0 Å². The molecule has 0 bridgehead atoms. The molecule has 21 heavy (non-hydrogen) atoms. The SMILES string of the molecule is CC(O)(Cc1ccc(F)cc1)c1cccc(C(F)(F)F)c1. The number of hydrogen-bond donors (Lipinski definition) is 1. The fourth-order valence-corrected chi connectivity index (χ4v) is 2.13. The first-order valence-electron chi connectivity index (χ1n) is 6.33. The summed E-state index contributed by atoms with van der Waals surface area (Å²) in [7, 11) is 0. The lowest BCUT2D eigenvalue weighted by atomic mass is 9.88. The van der Waals surface area contributed by atoms with Gasteiger partial charge in [0.15, 0.2) is 0 Å². The van der Waals surface area contributed by atoms with Gasteiger partial charge in [-0.25, -0.2) is 4.39 Å². The lowest BCUT2D eigenvalue weighted by Crippen LogP contribution is -2.25. The molecule has 2 aromatic rings. The van der Waals surface area contributed by atoms with E-state index in [1.54, 1.807) is 0 Å². The summed E-state index contributed by atoms with van der Waals surface area (Å²) in [6.45, 7) is 1.44. The average molecular weight is 298 g/mol. The first-order valence-corrected chi connectivity index (χ1v) is 6.33. The van der Waals surface area contributed by atoms with Gasteiger partial charge in [0.2, 0.25) is 0 Å². The van der Waals surface area contributed by atoms with Crippen molar-refractivity contribution < 1.29 is 22.7 Å². The zero-order valence-electron chi connectivity index (χ0n) is 11.3. The number of rotatable bonds is 3. The summed E-state index contributed by atoms with van der Waals surface area (Å²) >= 11 is 0. The second-order valence-corrected chi connectivity index (χ2v) is 5.16. The highest BCUT2D eigenvalue weighted by atomic mass is 19.4. The van der Waals surface area contributed by atoms with Crippen molar-refractivity contribution in [1.82, 2.24) is 0 Å². The van der Waals surface area contributed by atoms with Crippen LogP contribution in [0.4, 0.5) is 17.6 Å². The lowest BCUT2D eigenvalue weighted by Gasteiger charge is -2.25. The van der Waals surface area contributed by atoms with Crippen LogP contribution in [-0.2, 0) is 18.2 Å². The third-order valence-electron chi connectivity index (χ3n) is 3.27. The number of benzene rings is 2. The Morgan fingerprint density at radius 1 is 0.952 bits per heavy atom. The standard InChI is InChI=1S/C16H14F4O/c1-15(21,10-11-5-7-14(17)8-6-11)12-3-2-4-13(9-12)16(18,19)20/h2-9,21H,10H2,1H3. The average Bonchev–Trinajstić information content (AvgIpc) is 2.40. The zero-order valence-corrected chi connectivity index (χ0v) is 11.3. The Labute approximate surface area is 119 Å². The minimum Gasteiger partial charge on any atom is -0.385 e. The van der Waals surface area contributed by atoms with Crippen LogP contribution in [0.1, 0.15) is 23.6 Å². The van der Waals surface area contributed by atoms with Crippen LogP contribution >= 0.6 is 0 Å². The molecule has 0 amide bonds. The van der Waals surface area contributed by atoms with Crippen molar-refractivity contribution in [3.63, 3.8) is 0 Å².